The highest BCUT2D eigenvalue weighted by Crippen LogP contribution is 2.29. The predicted molar refractivity (Wildman–Crippen MR) is 125 cm³/mol. The van der Waals surface area contributed by atoms with E-state index in [1.165, 1.54) is 0 Å². The molecule has 11 heteroatoms. The summed E-state index contributed by atoms with van der Waals surface area (Å²) >= 11 is 5.82. The third-order valence-corrected chi connectivity index (χ3v) is 7.69. The first-order valence-electron chi connectivity index (χ1n) is 11.8. The third-order valence-electron chi connectivity index (χ3n) is 5.77. The van der Waals surface area contributed by atoms with E-state index in [0.717, 1.165) is 12.8 Å². The van der Waals surface area contributed by atoms with E-state index in [1.807, 2.05) is 4.90 Å². The van der Waals surface area contributed by atoms with Gasteiger partial charge in [0.25, 0.3) is 0 Å². The SMILES string of the molecule is CCOC(=O)[C@H]1CC[C@H](OC(NS(=O)(=O)C(CCCl)C(=O)OC(C)(C)C)N2CCCC2)CC1. The van der Waals surface area contributed by atoms with Gasteiger partial charge in [-0.15, -0.1) is 11.6 Å². The number of sulfonamides is 1. The van der Waals surface area contributed by atoms with Gasteiger partial charge in [-0.3, -0.25) is 14.5 Å². The normalized spacial score (nSPS) is 24.3. The lowest BCUT2D eigenvalue weighted by molar-refractivity contribution is -0.154. The molecule has 0 radical (unpaired) electrons. The molecule has 1 saturated heterocycles. The highest BCUT2D eigenvalue weighted by molar-refractivity contribution is 7.90. The number of carbonyl (C=O) groups is 2. The second-order valence-electron chi connectivity index (χ2n) is 9.62. The Labute approximate surface area is 202 Å². The molecule has 1 N–H and O–H groups in total. The molecule has 2 atom stereocenters. The van der Waals surface area contributed by atoms with Gasteiger partial charge in [0, 0.05) is 19.0 Å². The minimum absolute atomic E-state index is 0.00205. The van der Waals surface area contributed by atoms with Crippen LogP contribution in [-0.2, 0) is 33.8 Å². The molecule has 1 aliphatic carbocycles. The smallest absolute Gasteiger partial charge is 0.326 e. The van der Waals surface area contributed by atoms with Crippen LogP contribution in [0.15, 0.2) is 0 Å². The second-order valence-corrected chi connectivity index (χ2v) is 11.9. The molecular weight excluding hydrogens is 472 g/mol. The van der Waals surface area contributed by atoms with Crippen LogP contribution in [0.25, 0.3) is 0 Å². The van der Waals surface area contributed by atoms with Crippen molar-refractivity contribution in [1.82, 2.24) is 9.62 Å². The van der Waals surface area contributed by atoms with Crippen molar-refractivity contribution in [3.8, 4) is 0 Å². The molecular formula is C22H39ClN2O7S. The number of nitrogens with one attached hydrogen (secondary N) is 1. The number of esters is 2. The van der Waals surface area contributed by atoms with Crippen molar-refractivity contribution in [3.05, 3.63) is 0 Å². The number of hydrogen-bond acceptors (Lipinski definition) is 8. The van der Waals surface area contributed by atoms with Gasteiger partial charge in [-0.25, -0.2) is 8.42 Å². The number of nitrogens with zero attached hydrogens (tertiary/aromatic N) is 1. The average molecular weight is 511 g/mol. The Morgan fingerprint density at radius 3 is 2.24 bits per heavy atom. The molecule has 1 saturated carbocycles. The summed E-state index contributed by atoms with van der Waals surface area (Å²) in [5.41, 5.74) is -0.820. The molecule has 2 unspecified atom stereocenters. The van der Waals surface area contributed by atoms with Crippen molar-refractivity contribution < 1.29 is 32.2 Å². The van der Waals surface area contributed by atoms with Gasteiger partial charge in [-0.1, -0.05) is 0 Å². The number of hydrogen-bond donors (Lipinski definition) is 1. The van der Waals surface area contributed by atoms with Crippen LogP contribution in [0.4, 0.5) is 0 Å². The quantitative estimate of drug-likeness (QED) is 0.256. The van der Waals surface area contributed by atoms with Gasteiger partial charge in [-0.05, 0) is 72.6 Å². The number of carbonyl (C=O) groups excluding carboxylic acids is 2. The molecule has 2 aliphatic rings. The monoisotopic (exact) mass is 510 g/mol. The van der Waals surface area contributed by atoms with E-state index in [1.54, 1.807) is 27.7 Å². The Hall–Kier alpha value is -0.940. The third kappa shape index (κ3) is 8.98. The van der Waals surface area contributed by atoms with Crippen LogP contribution in [-0.4, -0.2) is 74.1 Å². The molecule has 9 nitrogen and oxygen atoms in total. The Morgan fingerprint density at radius 1 is 1.12 bits per heavy atom. The largest absolute Gasteiger partial charge is 0.466 e. The first-order valence-corrected chi connectivity index (χ1v) is 13.9. The summed E-state index contributed by atoms with van der Waals surface area (Å²) in [7, 11) is -4.12. The van der Waals surface area contributed by atoms with Crippen LogP contribution in [0.5, 0.6) is 0 Å². The number of likely N-dealkylation sites (tertiary alicyclic amines) is 1. The zero-order valence-corrected chi connectivity index (χ0v) is 21.8. The summed E-state index contributed by atoms with van der Waals surface area (Å²) in [5, 5.41) is -1.43. The van der Waals surface area contributed by atoms with E-state index in [9.17, 15) is 18.0 Å². The van der Waals surface area contributed by atoms with Crippen molar-refractivity contribution in [2.75, 3.05) is 25.6 Å². The van der Waals surface area contributed by atoms with E-state index >= 15 is 0 Å². The lowest BCUT2D eigenvalue weighted by atomic mass is 9.87. The molecule has 0 aromatic rings. The predicted octanol–water partition coefficient (Wildman–Crippen LogP) is 2.76. The minimum Gasteiger partial charge on any atom is -0.466 e. The Balaban J connectivity index is 2.09. The molecule has 0 aromatic heterocycles. The van der Waals surface area contributed by atoms with Crippen molar-refractivity contribution >= 4 is 33.6 Å². The molecule has 2 rings (SSSR count). The Kier molecular flexibility index (Phi) is 10.9. The highest BCUT2D eigenvalue weighted by atomic mass is 35.5. The zero-order chi connectivity index (χ0) is 24.6. The van der Waals surface area contributed by atoms with Crippen LogP contribution in [0.3, 0.4) is 0 Å². The fraction of sp³-hybridized carbons (Fsp3) is 0.909. The number of alkyl halides is 1. The molecule has 1 aliphatic heterocycles. The summed E-state index contributed by atoms with van der Waals surface area (Å²) < 4.78 is 45.7. The Bertz CT molecular complexity index is 742. The summed E-state index contributed by atoms with van der Waals surface area (Å²) in [6.07, 6.45) is 3.26. The van der Waals surface area contributed by atoms with Crippen molar-refractivity contribution in [2.45, 2.75) is 95.9 Å². The fourth-order valence-electron chi connectivity index (χ4n) is 4.13. The lowest BCUT2D eigenvalue weighted by Crippen LogP contribution is -2.54. The second kappa shape index (κ2) is 12.7. The van der Waals surface area contributed by atoms with Gasteiger partial charge in [0.2, 0.25) is 10.0 Å². The lowest BCUT2D eigenvalue weighted by Gasteiger charge is -2.35. The molecule has 192 valence electrons. The van der Waals surface area contributed by atoms with Gasteiger partial charge in [0.05, 0.1) is 18.6 Å². The van der Waals surface area contributed by atoms with Crippen molar-refractivity contribution in [3.63, 3.8) is 0 Å². The molecule has 0 amide bonds. The summed E-state index contributed by atoms with van der Waals surface area (Å²) in [5.74, 6) is -1.16. The van der Waals surface area contributed by atoms with Crippen LogP contribution in [0.2, 0.25) is 0 Å². The molecule has 33 heavy (non-hydrogen) atoms. The van der Waals surface area contributed by atoms with Crippen molar-refractivity contribution in [2.24, 2.45) is 5.92 Å². The maximum atomic E-state index is 13.2. The van der Waals surface area contributed by atoms with Crippen LogP contribution in [0, 0.1) is 5.92 Å². The van der Waals surface area contributed by atoms with Gasteiger partial charge < -0.3 is 14.2 Å². The molecule has 0 bridgehead atoms. The Morgan fingerprint density at radius 2 is 1.73 bits per heavy atom. The van der Waals surface area contributed by atoms with Crippen LogP contribution < -0.4 is 4.72 Å². The maximum Gasteiger partial charge on any atom is 0.326 e. The van der Waals surface area contributed by atoms with E-state index in [-0.39, 0.29) is 30.3 Å². The van der Waals surface area contributed by atoms with E-state index in [0.29, 0.717) is 45.4 Å². The van der Waals surface area contributed by atoms with Crippen molar-refractivity contribution in [1.29, 1.82) is 0 Å². The standard InChI is InChI=1S/C22H39ClN2O7S/c1-5-30-19(26)16-8-10-17(11-9-16)31-21(25-14-6-7-15-25)24-33(28,29)18(12-13-23)20(27)32-22(2,3)4/h16-18,21,24H,5-15H2,1-4H3/t16-,17-,18?,21?. The summed E-state index contributed by atoms with van der Waals surface area (Å²) in [4.78, 5) is 26.6. The topological polar surface area (TPSA) is 111 Å². The van der Waals surface area contributed by atoms with E-state index in [4.69, 9.17) is 25.8 Å². The number of rotatable bonds is 11. The molecule has 2 fully saturated rings. The van der Waals surface area contributed by atoms with Gasteiger partial charge in [0.1, 0.15) is 5.60 Å². The first-order chi connectivity index (χ1) is 15.5. The maximum absolute atomic E-state index is 13.2. The van der Waals surface area contributed by atoms with Crippen LogP contribution in [0.1, 0.15) is 72.6 Å². The van der Waals surface area contributed by atoms with Gasteiger partial charge in [-0.2, -0.15) is 4.72 Å². The van der Waals surface area contributed by atoms with E-state index < -0.39 is 33.2 Å². The number of ether oxygens (including phenoxy) is 3. The average Bonchev–Trinajstić information content (AvgIpc) is 3.25. The van der Waals surface area contributed by atoms with Gasteiger partial charge in [0.15, 0.2) is 11.6 Å². The van der Waals surface area contributed by atoms with E-state index in [2.05, 4.69) is 4.72 Å². The van der Waals surface area contributed by atoms with Gasteiger partial charge >= 0.3 is 11.9 Å². The molecule has 1 heterocycles. The molecule has 0 spiro atoms. The summed E-state index contributed by atoms with van der Waals surface area (Å²) in [6.45, 7) is 8.59. The number of halogens is 1. The first kappa shape index (κ1) is 28.3. The summed E-state index contributed by atoms with van der Waals surface area (Å²) in [6, 6.07) is 0. The minimum atomic E-state index is -4.12. The molecule has 0 aromatic carbocycles. The van der Waals surface area contributed by atoms with Crippen LogP contribution >= 0.6 is 11.6 Å². The zero-order valence-electron chi connectivity index (χ0n) is 20.2. The highest BCUT2D eigenvalue weighted by Gasteiger charge is 2.40. The fourth-order valence-corrected chi connectivity index (χ4v) is 5.86.